The Bertz CT molecular complexity index is 1520. The summed E-state index contributed by atoms with van der Waals surface area (Å²) in [6.45, 7) is 1.91. The number of carboxylic acid groups (broad SMARTS) is 2. The summed E-state index contributed by atoms with van der Waals surface area (Å²) < 4.78 is 4.94. The van der Waals surface area contributed by atoms with Crippen LogP contribution in [0.5, 0.6) is 0 Å². The zero-order valence-corrected chi connectivity index (χ0v) is 21.8. The maximum Gasteiger partial charge on any atom is 0.338 e. The van der Waals surface area contributed by atoms with Crippen molar-refractivity contribution >= 4 is 58.8 Å². The fourth-order valence-electron chi connectivity index (χ4n) is 3.96. The van der Waals surface area contributed by atoms with Gasteiger partial charge in [0.2, 0.25) is 11.8 Å². The molecular formula is C28H22N2O9S. The molecule has 3 aromatic rings. The molecule has 1 atom stereocenters. The number of carbonyl (C=O) groups is 6. The van der Waals surface area contributed by atoms with E-state index in [1.165, 1.54) is 48.2 Å². The van der Waals surface area contributed by atoms with Crippen molar-refractivity contribution in [2.75, 3.05) is 16.8 Å². The van der Waals surface area contributed by atoms with Gasteiger partial charge in [0.15, 0.2) is 0 Å². The van der Waals surface area contributed by atoms with Gasteiger partial charge >= 0.3 is 17.9 Å². The van der Waals surface area contributed by atoms with E-state index in [2.05, 4.69) is 5.32 Å². The minimum Gasteiger partial charge on any atom is -0.478 e. The van der Waals surface area contributed by atoms with Gasteiger partial charge in [-0.05, 0) is 73.7 Å². The molecular weight excluding hydrogens is 540 g/mol. The summed E-state index contributed by atoms with van der Waals surface area (Å²) in [6, 6.07) is 15.5. The second kappa shape index (κ2) is 11.8. The fourth-order valence-corrected chi connectivity index (χ4v) is 5.01. The van der Waals surface area contributed by atoms with Gasteiger partial charge in [-0.25, -0.2) is 19.3 Å². The number of aromatic carboxylic acids is 2. The number of nitrogens with zero attached hydrogens (tertiary/aromatic N) is 1. The molecule has 0 aromatic heterocycles. The zero-order valence-electron chi connectivity index (χ0n) is 21.0. The fraction of sp³-hybridized carbons (Fsp3) is 0.143. The molecule has 3 amide bonds. The molecule has 0 bridgehead atoms. The first-order chi connectivity index (χ1) is 19.1. The molecule has 4 rings (SSSR count). The van der Waals surface area contributed by atoms with Gasteiger partial charge in [-0.15, -0.1) is 11.8 Å². The monoisotopic (exact) mass is 562 g/mol. The third kappa shape index (κ3) is 6.02. The summed E-state index contributed by atoms with van der Waals surface area (Å²) in [4.78, 5) is 74.7. The van der Waals surface area contributed by atoms with Crippen molar-refractivity contribution in [3.8, 4) is 0 Å². The highest BCUT2D eigenvalue weighted by Crippen LogP contribution is 2.34. The van der Waals surface area contributed by atoms with E-state index >= 15 is 0 Å². The van der Waals surface area contributed by atoms with Crippen molar-refractivity contribution in [3.63, 3.8) is 0 Å². The van der Waals surface area contributed by atoms with Gasteiger partial charge in [0.1, 0.15) is 0 Å². The summed E-state index contributed by atoms with van der Waals surface area (Å²) >= 11 is 1.17. The second-order valence-corrected chi connectivity index (χ2v) is 9.77. The van der Waals surface area contributed by atoms with Crippen LogP contribution in [0.25, 0.3) is 0 Å². The Morgan fingerprint density at radius 2 is 1.55 bits per heavy atom. The number of esters is 1. The number of benzene rings is 3. The van der Waals surface area contributed by atoms with E-state index < -0.39 is 35.0 Å². The van der Waals surface area contributed by atoms with Crippen molar-refractivity contribution in [2.24, 2.45) is 0 Å². The van der Waals surface area contributed by atoms with E-state index in [0.29, 0.717) is 21.8 Å². The van der Waals surface area contributed by atoms with Crippen molar-refractivity contribution in [1.82, 2.24) is 0 Å². The molecule has 1 saturated heterocycles. The van der Waals surface area contributed by atoms with Crippen LogP contribution in [-0.4, -0.2) is 57.7 Å². The Morgan fingerprint density at radius 3 is 2.15 bits per heavy atom. The molecule has 0 radical (unpaired) electrons. The maximum absolute atomic E-state index is 13.0. The van der Waals surface area contributed by atoms with Gasteiger partial charge < -0.3 is 20.3 Å². The molecule has 1 fully saturated rings. The number of ether oxygens (including phenoxy) is 1. The average molecular weight is 563 g/mol. The number of anilines is 2. The summed E-state index contributed by atoms with van der Waals surface area (Å²) in [5, 5.41) is 20.4. The molecule has 3 N–H and O–H groups in total. The number of rotatable bonds is 9. The van der Waals surface area contributed by atoms with Crippen molar-refractivity contribution in [1.29, 1.82) is 0 Å². The second-order valence-electron chi connectivity index (χ2n) is 8.49. The molecule has 1 aliphatic rings. The number of hydrogen-bond donors (Lipinski definition) is 3. The molecule has 1 heterocycles. The Kier molecular flexibility index (Phi) is 8.29. The number of amides is 3. The predicted molar refractivity (Wildman–Crippen MR) is 144 cm³/mol. The van der Waals surface area contributed by atoms with Crippen LogP contribution in [0.1, 0.15) is 54.8 Å². The number of imide groups is 1. The van der Waals surface area contributed by atoms with Gasteiger partial charge in [0.25, 0.3) is 5.91 Å². The van der Waals surface area contributed by atoms with Gasteiger partial charge in [0, 0.05) is 17.0 Å². The van der Waals surface area contributed by atoms with E-state index in [0.717, 1.165) is 23.1 Å². The van der Waals surface area contributed by atoms with Crippen LogP contribution in [0.15, 0.2) is 71.6 Å². The highest BCUT2D eigenvalue weighted by Gasteiger charge is 2.40. The first-order valence-corrected chi connectivity index (χ1v) is 12.8. The highest BCUT2D eigenvalue weighted by molar-refractivity contribution is 8.00. The predicted octanol–water partition coefficient (Wildman–Crippen LogP) is 3.94. The van der Waals surface area contributed by atoms with Gasteiger partial charge in [-0.2, -0.15) is 0 Å². The van der Waals surface area contributed by atoms with Crippen molar-refractivity contribution < 1.29 is 43.7 Å². The molecule has 204 valence electrons. The number of carbonyl (C=O) groups excluding carboxylic acids is 4. The van der Waals surface area contributed by atoms with Crippen LogP contribution >= 0.6 is 11.8 Å². The molecule has 0 spiro atoms. The minimum absolute atomic E-state index is 0.0283. The minimum atomic E-state index is -1.38. The standard InChI is InChI=1S/C28H22N2O9S/c1-2-39-28(38)15-3-8-18(9-4-15)30-23(31)14-22(25(30)33)40-19-10-6-17(7-11-19)29-24(32)21-13-16(26(34)35)5-12-20(21)27(36)37/h3-13,22H,2,14H2,1H3,(H,29,32)(H,34,35)(H,36,37)/t22-/m1/s1. The van der Waals surface area contributed by atoms with E-state index in [9.17, 15) is 39.0 Å². The Balaban J connectivity index is 1.43. The van der Waals surface area contributed by atoms with E-state index in [-0.39, 0.29) is 35.6 Å². The Labute approximate surface area is 231 Å². The lowest BCUT2D eigenvalue weighted by molar-refractivity contribution is -0.121. The SMILES string of the molecule is CCOC(=O)c1ccc(N2C(=O)C[C@@H](Sc3ccc(NC(=O)c4cc(C(=O)O)ccc4C(=O)O)cc3)C2=O)cc1. The molecule has 0 aliphatic carbocycles. The largest absolute Gasteiger partial charge is 0.478 e. The Hall–Kier alpha value is -4.97. The van der Waals surface area contributed by atoms with Crippen LogP contribution < -0.4 is 10.2 Å². The Morgan fingerprint density at radius 1 is 0.900 bits per heavy atom. The lowest BCUT2D eigenvalue weighted by Gasteiger charge is -2.15. The molecule has 1 aliphatic heterocycles. The third-order valence-electron chi connectivity index (χ3n) is 5.87. The van der Waals surface area contributed by atoms with Crippen LogP contribution in [0.4, 0.5) is 11.4 Å². The normalized spacial score (nSPS) is 14.6. The van der Waals surface area contributed by atoms with Crippen LogP contribution in [0.3, 0.4) is 0 Å². The molecule has 0 unspecified atom stereocenters. The molecule has 3 aromatic carbocycles. The summed E-state index contributed by atoms with van der Waals surface area (Å²) in [5.41, 5.74) is 0.0640. The van der Waals surface area contributed by atoms with Gasteiger partial charge in [0.05, 0.1) is 39.8 Å². The molecule has 0 saturated carbocycles. The van der Waals surface area contributed by atoms with E-state index in [1.54, 1.807) is 19.1 Å². The smallest absolute Gasteiger partial charge is 0.338 e. The number of nitrogens with one attached hydrogen (secondary N) is 1. The van der Waals surface area contributed by atoms with Crippen molar-refractivity contribution in [2.45, 2.75) is 23.5 Å². The zero-order chi connectivity index (χ0) is 29.0. The van der Waals surface area contributed by atoms with Gasteiger partial charge in [-0.1, -0.05) is 0 Å². The first-order valence-electron chi connectivity index (χ1n) is 11.9. The molecule has 12 heteroatoms. The molecule has 11 nitrogen and oxygen atoms in total. The van der Waals surface area contributed by atoms with Crippen LogP contribution in [0.2, 0.25) is 0 Å². The summed E-state index contributed by atoms with van der Waals surface area (Å²) in [5.74, 6) is -4.78. The maximum atomic E-state index is 13.0. The number of carboxylic acids is 2. The average Bonchev–Trinajstić information content (AvgIpc) is 3.21. The lowest BCUT2D eigenvalue weighted by Crippen LogP contribution is -2.31. The summed E-state index contributed by atoms with van der Waals surface area (Å²) in [7, 11) is 0. The van der Waals surface area contributed by atoms with Gasteiger partial charge in [-0.3, -0.25) is 14.4 Å². The van der Waals surface area contributed by atoms with Crippen molar-refractivity contribution in [3.05, 3.63) is 89.0 Å². The third-order valence-corrected chi connectivity index (χ3v) is 7.07. The van der Waals surface area contributed by atoms with E-state index in [4.69, 9.17) is 4.74 Å². The topological polar surface area (TPSA) is 167 Å². The van der Waals surface area contributed by atoms with Crippen LogP contribution in [0, 0.1) is 0 Å². The molecule has 40 heavy (non-hydrogen) atoms. The van der Waals surface area contributed by atoms with Crippen LogP contribution in [-0.2, 0) is 14.3 Å². The quantitative estimate of drug-likeness (QED) is 0.257. The highest BCUT2D eigenvalue weighted by atomic mass is 32.2. The van der Waals surface area contributed by atoms with E-state index in [1.807, 2.05) is 0 Å². The lowest BCUT2D eigenvalue weighted by atomic mass is 10.0. The first kappa shape index (κ1) is 28.0. The number of thioether (sulfide) groups is 1. The number of hydrogen-bond acceptors (Lipinski definition) is 8. The summed E-state index contributed by atoms with van der Waals surface area (Å²) in [6.07, 6.45) is -0.0283.